The number of pyridine rings is 2. The van der Waals surface area contributed by atoms with Crippen molar-refractivity contribution in [2.45, 2.75) is 37.1 Å². The summed E-state index contributed by atoms with van der Waals surface area (Å²) in [7, 11) is -3.48. The number of fused-ring (bicyclic) bond motifs is 1. The highest BCUT2D eigenvalue weighted by Gasteiger charge is 2.22. The Morgan fingerprint density at radius 3 is 2.63 bits per heavy atom. The van der Waals surface area contributed by atoms with Gasteiger partial charge in [0.15, 0.2) is 9.84 Å². The van der Waals surface area contributed by atoms with Gasteiger partial charge in [0, 0.05) is 49.5 Å². The van der Waals surface area contributed by atoms with Gasteiger partial charge >= 0.3 is 0 Å². The molecule has 5 aromatic rings. The summed E-state index contributed by atoms with van der Waals surface area (Å²) in [6, 6.07) is 20.0. The Hall–Kier alpha value is -4.48. The highest BCUT2D eigenvalue weighted by atomic mass is 32.2. The quantitative estimate of drug-likeness (QED) is 0.229. The monoisotopic (exact) mass is 598 g/mol. The summed E-state index contributed by atoms with van der Waals surface area (Å²) in [5.41, 5.74) is 3.31. The van der Waals surface area contributed by atoms with Crippen molar-refractivity contribution in [1.82, 2.24) is 25.3 Å². The van der Waals surface area contributed by atoms with Crippen molar-refractivity contribution in [3.63, 3.8) is 0 Å². The second kappa shape index (κ2) is 12.4. The smallest absolute Gasteiger partial charge is 0.228 e. The van der Waals surface area contributed by atoms with E-state index in [1.165, 1.54) is 0 Å². The van der Waals surface area contributed by atoms with Crippen LogP contribution in [-0.2, 0) is 21.3 Å². The topological polar surface area (TPSA) is 119 Å². The maximum Gasteiger partial charge on any atom is 0.228 e. The minimum absolute atomic E-state index is 0.121. The summed E-state index contributed by atoms with van der Waals surface area (Å²) >= 11 is 0. The molecule has 1 fully saturated rings. The number of nitrogens with zero attached hydrogens (tertiary/aromatic N) is 4. The van der Waals surface area contributed by atoms with Crippen LogP contribution in [0.25, 0.3) is 22.0 Å². The maximum atomic E-state index is 13.9. The third-order valence-corrected chi connectivity index (χ3v) is 8.79. The van der Waals surface area contributed by atoms with Crippen LogP contribution in [0.15, 0.2) is 85.3 Å². The largest absolute Gasteiger partial charge is 0.437 e. The normalized spacial score (nSPS) is 17.1. The number of anilines is 1. The van der Waals surface area contributed by atoms with E-state index in [1.54, 1.807) is 48.9 Å². The van der Waals surface area contributed by atoms with Crippen LogP contribution in [0, 0.1) is 6.92 Å². The molecule has 0 aliphatic carbocycles. The molecule has 1 aliphatic heterocycles. The number of aryl methyl sites for hydroxylation is 1. The SMILES string of the molecule is Cc1ccc2c(CS(=O)(=O)Cc3ccccn3)cccc2c1Oc1ncccc1-c1ccnc(N[C@@H]2CNC[C@H](F)C2)n1. The van der Waals surface area contributed by atoms with E-state index in [-0.39, 0.29) is 17.5 Å². The zero-order valence-electron chi connectivity index (χ0n) is 23.6. The first kappa shape index (κ1) is 28.6. The number of benzene rings is 2. The standard InChI is InChI=1S/C32H31FN6O3S/c1-21-10-11-26-22(19-43(40,41)20-24-7-2-3-13-35-24)6-4-8-27(26)30(21)42-31-28(9-5-14-36-31)29-12-15-37-32(39-29)38-25-16-23(33)17-34-18-25/h2-15,23,25,34H,16-20H2,1H3,(H,37,38,39)/t23-,25+/m1/s1. The highest BCUT2D eigenvalue weighted by Crippen LogP contribution is 2.38. The van der Waals surface area contributed by atoms with Crippen molar-refractivity contribution in [3.8, 4) is 22.9 Å². The molecule has 3 aromatic heterocycles. The molecule has 1 aliphatic rings. The van der Waals surface area contributed by atoms with Gasteiger partial charge in [0.2, 0.25) is 11.8 Å². The molecule has 4 heterocycles. The number of rotatable bonds is 9. The number of hydrogen-bond donors (Lipinski definition) is 2. The van der Waals surface area contributed by atoms with E-state index in [4.69, 9.17) is 4.74 Å². The van der Waals surface area contributed by atoms with Gasteiger partial charge in [-0.2, -0.15) is 0 Å². The average Bonchev–Trinajstić information content (AvgIpc) is 2.99. The molecule has 2 N–H and O–H groups in total. The van der Waals surface area contributed by atoms with Crippen LogP contribution in [0.3, 0.4) is 0 Å². The molecule has 0 spiro atoms. The van der Waals surface area contributed by atoms with Gasteiger partial charge in [-0.25, -0.2) is 27.8 Å². The van der Waals surface area contributed by atoms with Crippen LogP contribution in [0.2, 0.25) is 0 Å². The van der Waals surface area contributed by atoms with Crippen molar-refractivity contribution < 1.29 is 17.5 Å². The van der Waals surface area contributed by atoms with Gasteiger partial charge in [0.05, 0.1) is 28.5 Å². The molecule has 9 nitrogen and oxygen atoms in total. The highest BCUT2D eigenvalue weighted by molar-refractivity contribution is 7.89. The number of halogens is 1. The fraction of sp³-hybridized carbons (Fsp3) is 0.250. The second-order valence-electron chi connectivity index (χ2n) is 10.6. The van der Waals surface area contributed by atoms with Crippen LogP contribution >= 0.6 is 0 Å². The lowest BCUT2D eigenvalue weighted by Crippen LogP contribution is -2.44. The third kappa shape index (κ3) is 6.79. The summed E-state index contributed by atoms with van der Waals surface area (Å²) < 4.78 is 46.6. The molecule has 0 amide bonds. The van der Waals surface area contributed by atoms with E-state index in [9.17, 15) is 12.8 Å². The second-order valence-corrected chi connectivity index (χ2v) is 12.7. The number of alkyl halides is 1. The van der Waals surface area contributed by atoms with E-state index in [1.807, 2.05) is 43.3 Å². The zero-order valence-corrected chi connectivity index (χ0v) is 24.4. The van der Waals surface area contributed by atoms with Crippen LogP contribution in [-0.4, -0.2) is 53.7 Å². The minimum Gasteiger partial charge on any atom is -0.437 e. The molecule has 0 bridgehead atoms. The summed E-state index contributed by atoms with van der Waals surface area (Å²) in [5, 5.41) is 7.86. The Bertz CT molecular complexity index is 1860. The van der Waals surface area contributed by atoms with Crippen molar-refractivity contribution in [3.05, 3.63) is 102 Å². The van der Waals surface area contributed by atoms with Crippen LogP contribution in [0.1, 0.15) is 23.2 Å². The van der Waals surface area contributed by atoms with Crippen molar-refractivity contribution >= 4 is 26.6 Å². The van der Waals surface area contributed by atoms with Crippen molar-refractivity contribution in [1.29, 1.82) is 0 Å². The molecular weight excluding hydrogens is 567 g/mol. The van der Waals surface area contributed by atoms with E-state index in [0.717, 1.165) is 16.3 Å². The van der Waals surface area contributed by atoms with Crippen LogP contribution in [0.4, 0.5) is 10.3 Å². The Kier molecular flexibility index (Phi) is 8.26. The maximum absolute atomic E-state index is 13.9. The molecule has 6 rings (SSSR count). The number of sulfone groups is 1. The van der Waals surface area contributed by atoms with E-state index >= 15 is 0 Å². The fourth-order valence-electron chi connectivity index (χ4n) is 5.29. The number of nitrogens with one attached hydrogen (secondary N) is 2. The zero-order chi connectivity index (χ0) is 29.8. The van der Waals surface area contributed by atoms with Crippen molar-refractivity contribution in [2.75, 3.05) is 18.4 Å². The van der Waals surface area contributed by atoms with Crippen LogP contribution < -0.4 is 15.4 Å². The number of piperidine rings is 1. The first-order chi connectivity index (χ1) is 20.8. The number of aromatic nitrogens is 4. The molecular formula is C32H31FN6O3S. The van der Waals surface area contributed by atoms with Crippen molar-refractivity contribution in [2.24, 2.45) is 0 Å². The molecule has 0 saturated carbocycles. The third-order valence-electron chi connectivity index (χ3n) is 7.30. The summed E-state index contributed by atoms with van der Waals surface area (Å²) in [6.45, 7) is 2.92. The first-order valence-corrected chi connectivity index (χ1v) is 15.9. The lowest BCUT2D eigenvalue weighted by molar-refractivity contribution is 0.254. The number of hydrogen-bond acceptors (Lipinski definition) is 9. The lowest BCUT2D eigenvalue weighted by Gasteiger charge is -2.26. The van der Waals surface area contributed by atoms with Gasteiger partial charge in [-0.15, -0.1) is 0 Å². The summed E-state index contributed by atoms with van der Waals surface area (Å²) in [6.07, 6.45) is 4.34. The Morgan fingerprint density at radius 1 is 0.907 bits per heavy atom. The van der Waals surface area contributed by atoms with Gasteiger partial charge in [-0.05, 0) is 53.8 Å². The van der Waals surface area contributed by atoms with Gasteiger partial charge < -0.3 is 15.4 Å². The van der Waals surface area contributed by atoms with Crippen LogP contribution in [0.5, 0.6) is 11.6 Å². The minimum atomic E-state index is -3.48. The Balaban J connectivity index is 1.30. The molecule has 2 atom stereocenters. The summed E-state index contributed by atoms with van der Waals surface area (Å²) in [5.74, 6) is 1.05. The Morgan fingerprint density at radius 2 is 1.79 bits per heavy atom. The molecule has 11 heteroatoms. The fourth-order valence-corrected chi connectivity index (χ4v) is 6.74. The molecule has 0 unspecified atom stereocenters. The number of ether oxygens (including phenoxy) is 1. The van der Waals surface area contributed by atoms with Gasteiger partial charge in [0.25, 0.3) is 0 Å². The van der Waals surface area contributed by atoms with E-state index in [0.29, 0.717) is 59.6 Å². The van der Waals surface area contributed by atoms with Gasteiger partial charge in [0.1, 0.15) is 11.9 Å². The van der Waals surface area contributed by atoms with E-state index < -0.39 is 16.0 Å². The molecule has 0 radical (unpaired) electrons. The molecule has 1 saturated heterocycles. The van der Waals surface area contributed by atoms with Gasteiger partial charge in [-0.3, -0.25) is 4.98 Å². The Labute approximate surface area is 249 Å². The predicted octanol–water partition coefficient (Wildman–Crippen LogP) is 5.41. The molecule has 2 aromatic carbocycles. The van der Waals surface area contributed by atoms with E-state index in [2.05, 4.69) is 30.6 Å². The van der Waals surface area contributed by atoms with Gasteiger partial charge in [-0.1, -0.05) is 36.4 Å². The summed E-state index contributed by atoms with van der Waals surface area (Å²) in [4.78, 5) is 17.7. The molecule has 220 valence electrons. The predicted molar refractivity (Wildman–Crippen MR) is 164 cm³/mol. The lowest BCUT2D eigenvalue weighted by atomic mass is 10.0. The first-order valence-electron chi connectivity index (χ1n) is 14.0. The average molecular weight is 599 g/mol. The molecule has 43 heavy (non-hydrogen) atoms.